The van der Waals surface area contributed by atoms with Gasteiger partial charge in [-0.05, 0) is 37.8 Å². The number of rotatable bonds is 4. The maximum absolute atomic E-state index is 11.9. The fourth-order valence-electron chi connectivity index (χ4n) is 2.22. The largest absolute Gasteiger partial charge is 0.325 e. The highest BCUT2D eigenvalue weighted by Gasteiger charge is 2.35. The van der Waals surface area contributed by atoms with Crippen LogP contribution < -0.4 is 11.1 Å². The number of amides is 1. The van der Waals surface area contributed by atoms with Gasteiger partial charge in [-0.15, -0.1) is 0 Å². The fraction of sp³-hybridized carbons (Fsp3) is 0.462. The van der Waals surface area contributed by atoms with Crippen LogP contribution >= 0.6 is 0 Å². The lowest BCUT2D eigenvalue weighted by Gasteiger charge is -2.37. The number of carbonyl (C=O) groups excluding carboxylic acids is 1. The molecular weight excluding hydrogens is 246 g/mol. The van der Waals surface area contributed by atoms with E-state index in [9.17, 15) is 14.9 Å². The molecular formula is C13H17N3O3. The van der Waals surface area contributed by atoms with Gasteiger partial charge in [0, 0.05) is 18.0 Å². The first-order valence-corrected chi connectivity index (χ1v) is 6.23. The van der Waals surface area contributed by atoms with Crippen LogP contribution in [0.2, 0.25) is 0 Å². The van der Waals surface area contributed by atoms with Crippen molar-refractivity contribution in [3.63, 3.8) is 0 Å². The van der Waals surface area contributed by atoms with Crippen molar-refractivity contribution in [1.29, 1.82) is 0 Å². The van der Waals surface area contributed by atoms with Crippen LogP contribution in [0.1, 0.15) is 31.2 Å². The topological polar surface area (TPSA) is 98.3 Å². The number of carbonyl (C=O) groups is 1. The Morgan fingerprint density at radius 1 is 1.53 bits per heavy atom. The second kappa shape index (κ2) is 4.97. The molecule has 1 aromatic carbocycles. The third kappa shape index (κ3) is 3.08. The molecule has 6 nitrogen and oxygen atoms in total. The van der Waals surface area contributed by atoms with Crippen molar-refractivity contribution >= 4 is 17.3 Å². The maximum atomic E-state index is 11.9. The van der Waals surface area contributed by atoms with Crippen LogP contribution in [0, 0.1) is 17.0 Å². The number of nitro groups is 1. The summed E-state index contributed by atoms with van der Waals surface area (Å²) >= 11 is 0. The van der Waals surface area contributed by atoms with E-state index in [1.165, 1.54) is 6.07 Å². The summed E-state index contributed by atoms with van der Waals surface area (Å²) in [6.07, 6.45) is 2.90. The second-order valence-corrected chi connectivity index (χ2v) is 5.22. The predicted molar refractivity (Wildman–Crippen MR) is 71.8 cm³/mol. The molecule has 0 atom stereocenters. The zero-order valence-electron chi connectivity index (χ0n) is 10.8. The van der Waals surface area contributed by atoms with Gasteiger partial charge in [0.25, 0.3) is 5.69 Å². The van der Waals surface area contributed by atoms with Crippen molar-refractivity contribution < 1.29 is 9.72 Å². The molecule has 1 aliphatic rings. The van der Waals surface area contributed by atoms with Gasteiger partial charge in [0.1, 0.15) is 5.69 Å². The molecule has 6 heteroatoms. The average molecular weight is 263 g/mol. The molecule has 2 rings (SSSR count). The molecule has 0 spiro atoms. The molecule has 102 valence electrons. The first kappa shape index (κ1) is 13.5. The SMILES string of the molecule is Cc1ccc(NC(=O)CC2(N)CCC2)c([N+](=O)[O-])c1. The molecule has 0 bridgehead atoms. The van der Waals surface area contributed by atoms with Crippen molar-refractivity contribution in [2.75, 3.05) is 5.32 Å². The summed E-state index contributed by atoms with van der Waals surface area (Å²) in [6, 6.07) is 4.72. The van der Waals surface area contributed by atoms with Crippen molar-refractivity contribution in [3.05, 3.63) is 33.9 Å². The molecule has 1 fully saturated rings. The van der Waals surface area contributed by atoms with Gasteiger partial charge in [-0.3, -0.25) is 14.9 Å². The van der Waals surface area contributed by atoms with E-state index in [-0.39, 0.29) is 23.7 Å². The highest BCUT2D eigenvalue weighted by molar-refractivity contribution is 5.93. The van der Waals surface area contributed by atoms with Gasteiger partial charge in [-0.25, -0.2) is 0 Å². The molecule has 1 aliphatic carbocycles. The Hall–Kier alpha value is -1.95. The van der Waals surface area contributed by atoms with Crippen LogP contribution in [-0.2, 0) is 4.79 Å². The number of anilines is 1. The normalized spacial score (nSPS) is 16.5. The third-order valence-corrected chi connectivity index (χ3v) is 3.49. The first-order chi connectivity index (χ1) is 8.89. The Morgan fingerprint density at radius 2 is 2.21 bits per heavy atom. The van der Waals surface area contributed by atoms with Gasteiger partial charge in [0.2, 0.25) is 5.91 Å². The van der Waals surface area contributed by atoms with E-state index in [4.69, 9.17) is 5.73 Å². The highest BCUT2D eigenvalue weighted by atomic mass is 16.6. The Morgan fingerprint density at radius 3 is 2.74 bits per heavy atom. The van der Waals surface area contributed by atoms with Crippen LogP contribution in [0.3, 0.4) is 0 Å². The molecule has 0 aliphatic heterocycles. The zero-order chi connectivity index (χ0) is 14.0. The molecule has 0 heterocycles. The van der Waals surface area contributed by atoms with Crippen LogP contribution in [0.4, 0.5) is 11.4 Å². The number of nitro benzene ring substituents is 1. The zero-order valence-corrected chi connectivity index (χ0v) is 10.8. The Bertz CT molecular complexity index is 524. The number of hydrogen-bond acceptors (Lipinski definition) is 4. The number of aryl methyl sites for hydroxylation is 1. The number of hydrogen-bond donors (Lipinski definition) is 2. The lowest BCUT2D eigenvalue weighted by molar-refractivity contribution is -0.384. The van der Waals surface area contributed by atoms with Gasteiger partial charge in [-0.2, -0.15) is 0 Å². The molecule has 0 radical (unpaired) electrons. The van der Waals surface area contributed by atoms with Crippen LogP contribution in [0.25, 0.3) is 0 Å². The van der Waals surface area contributed by atoms with Gasteiger partial charge in [0.15, 0.2) is 0 Å². The van der Waals surface area contributed by atoms with Crippen molar-refractivity contribution in [2.45, 2.75) is 38.1 Å². The average Bonchev–Trinajstić information content (AvgIpc) is 2.29. The molecule has 0 saturated heterocycles. The standard InChI is InChI=1S/C13H17N3O3/c1-9-3-4-10(11(7-9)16(18)19)15-12(17)8-13(14)5-2-6-13/h3-4,7H,2,5-6,8,14H2,1H3,(H,15,17). The summed E-state index contributed by atoms with van der Waals surface area (Å²) in [5.41, 5.74) is 6.47. The maximum Gasteiger partial charge on any atom is 0.293 e. The molecule has 3 N–H and O–H groups in total. The van der Waals surface area contributed by atoms with Crippen molar-refractivity contribution in [2.24, 2.45) is 5.73 Å². The Labute approximate surface area is 111 Å². The van der Waals surface area contributed by atoms with E-state index >= 15 is 0 Å². The molecule has 0 unspecified atom stereocenters. The van der Waals surface area contributed by atoms with E-state index in [2.05, 4.69) is 5.32 Å². The van der Waals surface area contributed by atoms with Crippen LogP contribution in [0.15, 0.2) is 18.2 Å². The highest BCUT2D eigenvalue weighted by Crippen LogP contribution is 2.33. The summed E-state index contributed by atoms with van der Waals surface area (Å²) in [7, 11) is 0. The van der Waals surface area contributed by atoms with Gasteiger partial charge in [0.05, 0.1) is 4.92 Å². The van der Waals surface area contributed by atoms with E-state index in [0.717, 1.165) is 24.8 Å². The molecule has 0 aromatic heterocycles. The third-order valence-electron chi connectivity index (χ3n) is 3.49. The lowest BCUT2D eigenvalue weighted by Crippen LogP contribution is -2.48. The molecule has 19 heavy (non-hydrogen) atoms. The second-order valence-electron chi connectivity index (χ2n) is 5.22. The smallest absolute Gasteiger partial charge is 0.293 e. The van der Waals surface area contributed by atoms with E-state index < -0.39 is 10.5 Å². The molecule has 1 aromatic rings. The summed E-state index contributed by atoms with van der Waals surface area (Å²) in [4.78, 5) is 22.3. The Kier molecular flexibility index (Phi) is 3.53. The van der Waals surface area contributed by atoms with Crippen molar-refractivity contribution in [3.8, 4) is 0 Å². The van der Waals surface area contributed by atoms with Crippen LogP contribution in [-0.4, -0.2) is 16.4 Å². The fourth-order valence-corrected chi connectivity index (χ4v) is 2.22. The van der Waals surface area contributed by atoms with Gasteiger partial charge >= 0.3 is 0 Å². The van der Waals surface area contributed by atoms with Gasteiger partial charge in [-0.1, -0.05) is 6.07 Å². The minimum Gasteiger partial charge on any atom is -0.325 e. The number of nitrogens with one attached hydrogen (secondary N) is 1. The van der Waals surface area contributed by atoms with E-state index in [1.807, 2.05) is 0 Å². The van der Waals surface area contributed by atoms with E-state index in [1.54, 1.807) is 19.1 Å². The lowest BCUT2D eigenvalue weighted by atomic mass is 9.75. The summed E-state index contributed by atoms with van der Waals surface area (Å²) < 4.78 is 0. The number of nitrogens with zero attached hydrogens (tertiary/aromatic N) is 1. The Balaban J connectivity index is 2.10. The number of benzene rings is 1. The summed E-state index contributed by atoms with van der Waals surface area (Å²) in [5.74, 6) is -0.269. The van der Waals surface area contributed by atoms with Crippen LogP contribution in [0.5, 0.6) is 0 Å². The molecule has 1 saturated carbocycles. The minimum atomic E-state index is -0.496. The predicted octanol–water partition coefficient (Wildman–Crippen LogP) is 2.11. The molecule has 1 amide bonds. The van der Waals surface area contributed by atoms with Crippen molar-refractivity contribution in [1.82, 2.24) is 0 Å². The summed E-state index contributed by atoms with van der Waals surface area (Å²) in [5, 5.41) is 13.5. The quantitative estimate of drug-likeness (QED) is 0.642. The van der Waals surface area contributed by atoms with Gasteiger partial charge < -0.3 is 11.1 Å². The monoisotopic (exact) mass is 263 g/mol. The minimum absolute atomic E-state index is 0.0898. The summed E-state index contributed by atoms with van der Waals surface area (Å²) in [6.45, 7) is 1.77. The first-order valence-electron chi connectivity index (χ1n) is 6.23. The number of nitrogens with two attached hydrogens (primary N) is 1. The van der Waals surface area contributed by atoms with E-state index in [0.29, 0.717) is 0 Å².